The molecule has 0 spiro atoms. The summed E-state index contributed by atoms with van der Waals surface area (Å²) < 4.78 is 0. The van der Waals surface area contributed by atoms with E-state index in [0.717, 1.165) is 30.6 Å². The number of carbonyl (C=O) groups is 3. The number of amides is 2. The molecule has 27 heavy (non-hydrogen) atoms. The summed E-state index contributed by atoms with van der Waals surface area (Å²) in [5.74, 6) is 1.89. The fraction of sp³-hybridized carbons (Fsp3) is 0.857. The van der Waals surface area contributed by atoms with Gasteiger partial charge in [-0.2, -0.15) is 0 Å². The quantitative estimate of drug-likeness (QED) is 0.745. The van der Waals surface area contributed by atoms with E-state index in [9.17, 15) is 14.4 Å². The van der Waals surface area contributed by atoms with Crippen molar-refractivity contribution >= 4 is 17.8 Å². The normalized spacial score (nSPS) is 35.3. The lowest BCUT2D eigenvalue weighted by atomic mass is 9.49. The first kappa shape index (κ1) is 18.8. The first-order chi connectivity index (χ1) is 12.9. The molecule has 0 atom stereocenters. The van der Waals surface area contributed by atoms with Gasteiger partial charge in [-0.1, -0.05) is 0 Å². The van der Waals surface area contributed by atoms with Gasteiger partial charge in [0.2, 0.25) is 11.8 Å². The van der Waals surface area contributed by atoms with Gasteiger partial charge in [-0.15, -0.1) is 0 Å². The zero-order chi connectivity index (χ0) is 19.0. The van der Waals surface area contributed by atoms with E-state index in [1.807, 2.05) is 0 Å². The minimum Gasteiger partial charge on any atom is -0.481 e. The third-order valence-corrected chi connectivity index (χ3v) is 7.57. The number of hydrogen-bond donors (Lipinski definition) is 2. The maximum atomic E-state index is 12.5. The Morgan fingerprint density at radius 2 is 1.52 bits per heavy atom. The molecule has 5 rings (SSSR count). The number of carbonyl (C=O) groups excluding carboxylic acids is 2. The summed E-state index contributed by atoms with van der Waals surface area (Å²) in [6.45, 7) is 1.28. The monoisotopic (exact) mass is 376 g/mol. The van der Waals surface area contributed by atoms with Crippen molar-refractivity contribution in [1.29, 1.82) is 0 Å². The number of carboxylic acid groups (broad SMARTS) is 1. The lowest BCUT2D eigenvalue weighted by Crippen LogP contribution is -2.49. The van der Waals surface area contributed by atoms with Gasteiger partial charge in [0, 0.05) is 25.9 Å². The van der Waals surface area contributed by atoms with Crippen LogP contribution in [0, 0.1) is 29.1 Å². The molecule has 1 saturated heterocycles. The maximum absolute atomic E-state index is 12.5. The highest BCUT2D eigenvalue weighted by Gasteiger charge is 2.51. The lowest BCUT2D eigenvalue weighted by Gasteiger charge is -2.56. The van der Waals surface area contributed by atoms with Crippen LogP contribution in [-0.4, -0.2) is 47.4 Å². The molecule has 6 nitrogen and oxygen atoms in total. The van der Waals surface area contributed by atoms with Crippen molar-refractivity contribution < 1.29 is 19.5 Å². The van der Waals surface area contributed by atoms with E-state index in [0.29, 0.717) is 19.5 Å². The number of hydrogen-bond acceptors (Lipinski definition) is 3. The highest BCUT2D eigenvalue weighted by Crippen LogP contribution is 2.61. The summed E-state index contributed by atoms with van der Waals surface area (Å²) in [7, 11) is 0. The van der Waals surface area contributed by atoms with Crippen LogP contribution in [0.5, 0.6) is 0 Å². The Kier molecular flexibility index (Phi) is 5.17. The summed E-state index contributed by atoms with van der Waals surface area (Å²) in [5, 5.41) is 11.7. The average molecular weight is 376 g/mol. The molecule has 1 aliphatic heterocycles. The van der Waals surface area contributed by atoms with E-state index in [1.54, 1.807) is 4.90 Å². The maximum Gasteiger partial charge on any atom is 0.303 e. The van der Waals surface area contributed by atoms with Gasteiger partial charge in [0.25, 0.3) is 0 Å². The van der Waals surface area contributed by atoms with Gasteiger partial charge in [-0.05, 0) is 80.5 Å². The summed E-state index contributed by atoms with van der Waals surface area (Å²) in [6.07, 6.45) is 9.98. The van der Waals surface area contributed by atoms with Gasteiger partial charge in [-0.3, -0.25) is 14.4 Å². The Morgan fingerprint density at radius 1 is 0.963 bits per heavy atom. The number of rotatable bonds is 6. The number of nitrogens with one attached hydrogen (secondary N) is 1. The van der Waals surface area contributed by atoms with E-state index in [-0.39, 0.29) is 36.1 Å². The molecular formula is C21H32N2O4. The summed E-state index contributed by atoms with van der Waals surface area (Å²) >= 11 is 0. The third-order valence-electron chi connectivity index (χ3n) is 7.57. The third kappa shape index (κ3) is 4.30. The Hall–Kier alpha value is -1.59. The number of piperidine rings is 1. The van der Waals surface area contributed by atoms with E-state index >= 15 is 0 Å². The summed E-state index contributed by atoms with van der Waals surface area (Å²) in [4.78, 5) is 37.5. The van der Waals surface area contributed by atoms with Crippen molar-refractivity contribution in [3.8, 4) is 0 Å². The van der Waals surface area contributed by atoms with Crippen molar-refractivity contribution in [3.63, 3.8) is 0 Å². The van der Waals surface area contributed by atoms with Gasteiger partial charge in [-0.25, -0.2) is 0 Å². The molecule has 5 fully saturated rings. The van der Waals surface area contributed by atoms with Crippen molar-refractivity contribution in [2.45, 2.75) is 64.2 Å². The van der Waals surface area contributed by atoms with Crippen LogP contribution in [0.3, 0.4) is 0 Å². The van der Waals surface area contributed by atoms with Crippen LogP contribution in [0.1, 0.15) is 64.2 Å². The van der Waals surface area contributed by atoms with Gasteiger partial charge in [0.05, 0.1) is 6.54 Å². The van der Waals surface area contributed by atoms with Crippen molar-refractivity contribution in [2.24, 2.45) is 29.1 Å². The Balaban J connectivity index is 1.21. The highest BCUT2D eigenvalue weighted by atomic mass is 16.4. The smallest absolute Gasteiger partial charge is 0.303 e. The van der Waals surface area contributed by atoms with Crippen LogP contribution in [0.25, 0.3) is 0 Å². The van der Waals surface area contributed by atoms with Gasteiger partial charge < -0.3 is 15.3 Å². The molecule has 4 bridgehead atoms. The van der Waals surface area contributed by atoms with Crippen molar-refractivity contribution in [1.82, 2.24) is 10.2 Å². The second-order valence-electron chi connectivity index (χ2n) is 9.79. The predicted molar refractivity (Wildman–Crippen MR) is 99.8 cm³/mol. The molecular weight excluding hydrogens is 344 g/mol. The van der Waals surface area contributed by atoms with Gasteiger partial charge >= 0.3 is 5.97 Å². The Morgan fingerprint density at radius 3 is 2.04 bits per heavy atom. The number of nitrogens with zero attached hydrogens (tertiary/aromatic N) is 1. The fourth-order valence-corrected chi connectivity index (χ4v) is 6.83. The van der Waals surface area contributed by atoms with Crippen LogP contribution >= 0.6 is 0 Å². The Bertz CT molecular complexity index is 574. The topological polar surface area (TPSA) is 86.7 Å². The number of aliphatic carboxylic acids is 1. The average Bonchev–Trinajstić information content (AvgIpc) is 2.58. The van der Waals surface area contributed by atoms with Crippen LogP contribution < -0.4 is 5.32 Å². The first-order valence-electron chi connectivity index (χ1n) is 10.7. The van der Waals surface area contributed by atoms with Crippen LogP contribution in [0.15, 0.2) is 0 Å². The molecule has 150 valence electrons. The molecule has 2 amide bonds. The summed E-state index contributed by atoms with van der Waals surface area (Å²) in [6, 6.07) is 0. The van der Waals surface area contributed by atoms with E-state index in [4.69, 9.17) is 5.11 Å². The molecule has 0 radical (unpaired) electrons. The van der Waals surface area contributed by atoms with Gasteiger partial charge in [0.15, 0.2) is 0 Å². The van der Waals surface area contributed by atoms with Crippen molar-refractivity contribution in [3.05, 3.63) is 0 Å². The molecule has 0 aromatic rings. The lowest BCUT2D eigenvalue weighted by molar-refractivity contribution is -0.139. The SMILES string of the molecule is O=C(O)CC1CCN(C(=O)CNC(=O)CC23CC4CC(CC(C4)C2)C3)CC1. The molecule has 1 heterocycles. The van der Waals surface area contributed by atoms with Gasteiger partial charge in [0.1, 0.15) is 0 Å². The zero-order valence-corrected chi connectivity index (χ0v) is 16.1. The second-order valence-corrected chi connectivity index (χ2v) is 9.79. The first-order valence-corrected chi connectivity index (χ1v) is 10.7. The number of carboxylic acids is 1. The fourth-order valence-electron chi connectivity index (χ4n) is 6.83. The minimum absolute atomic E-state index is 0.0334. The van der Waals surface area contributed by atoms with E-state index < -0.39 is 5.97 Å². The van der Waals surface area contributed by atoms with E-state index in [1.165, 1.54) is 38.5 Å². The van der Waals surface area contributed by atoms with Crippen LogP contribution in [0.4, 0.5) is 0 Å². The minimum atomic E-state index is -0.767. The highest BCUT2D eigenvalue weighted by molar-refractivity contribution is 5.85. The zero-order valence-electron chi connectivity index (χ0n) is 16.1. The van der Waals surface area contributed by atoms with E-state index in [2.05, 4.69) is 5.32 Å². The molecule has 0 aromatic heterocycles. The Labute approximate surface area is 161 Å². The standard InChI is InChI=1S/C21H32N2O4/c24-18(12-21-9-15-5-16(10-21)7-17(6-15)11-21)22-13-19(25)23-3-1-14(2-4-23)8-20(26)27/h14-17H,1-13H2,(H,22,24)(H,26,27). The molecule has 5 aliphatic rings. The number of likely N-dealkylation sites (tertiary alicyclic amines) is 1. The molecule has 6 heteroatoms. The molecule has 0 aromatic carbocycles. The molecule has 4 saturated carbocycles. The second kappa shape index (κ2) is 7.44. The summed E-state index contributed by atoms with van der Waals surface area (Å²) in [5.41, 5.74) is 0.205. The molecule has 2 N–H and O–H groups in total. The molecule has 0 unspecified atom stereocenters. The van der Waals surface area contributed by atoms with Crippen LogP contribution in [-0.2, 0) is 14.4 Å². The molecule has 4 aliphatic carbocycles. The van der Waals surface area contributed by atoms with Crippen molar-refractivity contribution in [2.75, 3.05) is 19.6 Å². The van der Waals surface area contributed by atoms with Crippen LogP contribution in [0.2, 0.25) is 0 Å². The predicted octanol–water partition coefficient (Wildman–Crippen LogP) is 2.42. The largest absolute Gasteiger partial charge is 0.481 e.